The summed E-state index contributed by atoms with van der Waals surface area (Å²) in [6, 6.07) is 4.41. The molecule has 43 heavy (non-hydrogen) atoms. The van der Waals surface area contributed by atoms with Crippen molar-refractivity contribution in [1.29, 1.82) is 0 Å². The van der Waals surface area contributed by atoms with E-state index in [1.807, 2.05) is 11.9 Å². The second kappa shape index (κ2) is 13.4. The van der Waals surface area contributed by atoms with Gasteiger partial charge in [0.2, 0.25) is 17.7 Å². The number of aromatic nitrogens is 4. The fourth-order valence-corrected chi connectivity index (χ4v) is 5.20. The van der Waals surface area contributed by atoms with Gasteiger partial charge in [0.15, 0.2) is 26.5 Å². The van der Waals surface area contributed by atoms with E-state index in [2.05, 4.69) is 47.4 Å². The number of halogens is 3. The maximum atomic E-state index is 13.5. The van der Waals surface area contributed by atoms with Crippen LogP contribution in [0.2, 0.25) is 5.02 Å². The Balaban J connectivity index is 1.73. The van der Waals surface area contributed by atoms with E-state index in [0.29, 0.717) is 26.2 Å². The molecule has 0 spiro atoms. The number of nitrogens with one attached hydrogen (secondary N) is 3. The third kappa shape index (κ3) is 7.63. The molecule has 0 aliphatic carbocycles. The van der Waals surface area contributed by atoms with Crippen molar-refractivity contribution in [3.05, 3.63) is 48.3 Å². The number of hydrogen-bond donors (Lipinski definition) is 3. The lowest BCUT2D eigenvalue weighted by Gasteiger charge is -2.34. The van der Waals surface area contributed by atoms with Crippen LogP contribution in [-0.2, 0) is 14.6 Å². The van der Waals surface area contributed by atoms with Crippen LogP contribution in [0.1, 0.15) is 13.8 Å². The van der Waals surface area contributed by atoms with Gasteiger partial charge >= 0.3 is 6.61 Å². The van der Waals surface area contributed by atoms with Crippen molar-refractivity contribution in [2.45, 2.75) is 30.7 Å². The van der Waals surface area contributed by atoms with Crippen molar-refractivity contribution in [3.8, 4) is 5.88 Å². The Labute approximate surface area is 252 Å². The fraction of sp³-hybridized carbons (Fsp3) is 0.346. The number of amides is 1. The molecule has 0 bridgehead atoms. The second-order valence-electron chi connectivity index (χ2n) is 9.66. The summed E-state index contributed by atoms with van der Waals surface area (Å²) in [7, 11) is -1.81. The maximum Gasteiger partial charge on any atom is 0.388 e. The third-order valence-corrected chi connectivity index (χ3v) is 8.70. The molecular formula is C26H30ClF2N9O4S. The number of likely N-dealkylation sites (N-methyl/N-ethyl adjacent to an activating group) is 1. The molecule has 3 aromatic heterocycles. The molecule has 17 heteroatoms. The van der Waals surface area contributed by atoms with Crippen LogP contribution in [0.5, 0.6) is 5.88 Å². The van der Waals surface area contributed by atoms with Gasteiger partial charge < -0.3 is 30.5 Å². The van der Waals surface area contributed by atoms with Crippen molar-refractivity contribution < 1.29 is 26.7 Å². The van der Waals surface area contributed by atoms with Gasteiger partial charge in [-0.15, -0.1) is 0 Å². The van der Waals surface area contributed by atoms with Gasteiger partial charge in [0.1, 0.15) is 10.7 Å². The van der Waals surface area contributed by atoms with Crippen molar-refractivity contribution in [2.24, 2.45) is 0 Å². The number of anilines is 6. The van der Waals surface area contributed by atoms with Gasteiger partial charge in [0.25, 0.3) is 0 Å². The molecule has 1 saturated heterocycles. The molecule has 1 fully saturated rings. The molecular weight excluding hydrogens is 608 g/mol. The monoisotopic (exact) mass is 637 g/mol. The molecule has 4 rings (SSSR count). The van der Waals surface area contributed by atoms with E-state index in [4.69, 9.17) is 16.3 Å². The average molecular weight is 638 g/mol. The summed E-state index contributed by atoms with van der Waals surface area (Å²) in [5.74, 6) is -0.891. The minimum absolute atomic E-state index is 0.00546. The Morgan fingerprint density at radius 3 is 2.49 bits per heavy atom. The zero-order chi connectivity index (χ0) is 31.3. The highest BCUT2D eigenvalue weighted by molar-refractivity contribution is 7.92. The molecule has 13 nitrogen and oxygen atoms in total. The Hall–Kier alpha value is -4.15. The van der Waals surface area contributed by atoms with E-state index in [9.17, 15) is 22.0 Å². The number of nitrogens with zero attached hydrogens (tertiary/aromatic N) is 6. The second-order valence-corrected chi connectivity index (χ2v) is 12.5. The molecule has 4 heterocycles. The first-order valence-corrected chi connectivity index (χ1v) is 14.9. The number of carbonyl (C=O) groups is 1. The number of piperazine rings is 1. The normalized spacial score (nSPS) is 14.1. The van der Waals surface area contributed by atoms with Crippen LogP contribution in [0.25, 0.3) is 0 Å². The topological polar surface area (TPSA) is 155 Å². The number of sulfone groups is 1. The van der Waals surface area contributed by atoms with Crippen molar-refractivity contribution in [1.82, 2.24) is 24.8 Å². The first kappa shape index (κ1) is 31.8. The molecule has 3 N–H and O–H groups in total. The summed E-state index contributed by atoms with van der Waals surface area (Å²) >= 11 is 6.31. The predicted molar refractivity (Wildman–Crippen MR) is 160 cm³/mol. The van der Waals surface area contributed by atoms with Crippen LogP contribution in [0.15, 0.2) is 48.3 Å². The molecule has 1 aliphatic rings. The minimum atomic E-state index is -3.77. The lowest BCUT2D eigenvalue weighted by Crippen LogP contribution is -2.45. The van der Waals surface area contributed by atoms with Crippen molar-refractivity contribution >= 4 is 62.0 Å². The fourth-order valence-electron chi connectivity index (χ4n) is 3.99. The SMILES string of the molecule is C=CC(=O)Nc1cc(Nc2ncc(Cl)c(Nc3cccnc3S(=O)(=O)C(C)C)n2)c(OC(F)F)nc1N1CCN(C)CC1. The van der Waals surface area contributed by atoms with Gasteiger partial charge in [-0.25, -0.2) is 18.4 Å². The van der Waals surface area contributed by atoms with Crippen LogP contribution in [0.4, 0.5) is 43.4 Å². The number of alkyl halides is 2. The molecule has 0 unspecified atom stereocenters. The summed E-state index contributed by atoms with van der Waals surface area (Å²) in [4.78, 5) is 32.9. The molecule has 0 aromatic carbocycles. The summed E-state index contributed by atoms with van der Waals surface area (Å²) in [6.07, 6.45) is 3.64. The van der Waals surface area contributed by atoms with Gasteiger partial charge in [0.05, 0.1) is 22.8 Å². The highest BCUT2D eigenvalue weighted by Gasteiger charge is 2.26. The smallest absolute Gasteiger partial charge is 0.388 e. The molecule has 0 atom stereocenters. The molecule has 230 valence electrons. The Morgan fingerprint density at radius 1 is 1.12 bits per heavy atom. The summed E-state index contributed by atoms with van der Waals surface area (Å²) in [5, 5.41) is 7.40. The first-order chi connectivity index (χ1) is 20.4. The van der Waals surface area contributed by atoms with E-state index < -0.39 is 33.5 Å². The highest BCUT2D eigenvalue weighted by atomic mass is 35.5. The van der Waals surface area contributed by atoms with E-state index in [1.54, 1.807) is 0 Å². The van der Waals surface area contributed by atoms with E-state index in [1.165, 1.54) is 44.4 Å². The van der Waals surface area contributed by atoms with Crippen LogP contribution >= 0.6 is 11.6 Å². The van der Waals surface area contributed by atoms with E-state index in [-0.39, 0.29) is 44.7 Å². The largest absolute Gasteiger partial charge is 0.415 e. The summed E-state index contributed by atoms with van der Waals surface area (Å²) in [5.41, 5.74) is 0.247. The molecule has 0 radical (unpaired) electrons. The highest BCUT2D eigenvalue weighted by Crippen LogP contribution is 2.37. The number of rotatable bonds is 11. The van der Waals surface area contributed by atoms with Gasteiger partial charge in [-0.1, -0.05) is 18.2 Å². The van der Waals surface area contributed by atoms with E-state index in [0.717, 1.165) is 6.08 Å². The Morgan fingerprint density at radius 2 is 1.84 bits per heavy atom. The quantitative estimate of drug-likeness (QED) is 0.260. The maximum absolute atomic E-state index is 13.5. The van der Waals surface area contributed by atoms with Crippen molar-refractivity contribution in [3.63, 3.8) is 0 Å². The molecule has 0 saturated carbocycles. The molecule has 1 aliphatic heterocycles. The third-order valence-electron chi connectivity index (χ3n) is 6.32. The standard InChI is InChI=1S/C26H30ClF2N9O4S/c1-5-20(39)32-18-13-19(23(42-25(28)29)36-22(18)38-11-9-37(4)10-12-38)34-26-31-14-16(27)21(35-26)33-17-7-6-8-30-24(17)43(40,41)15(2)3/h5-8,13-15,25H,1,9-12H2,2-4H3,(H,32,39)(H2,31,33,34,35). The van der Waals surface area contributed by atoms with Gasteiger partial charge in [-0.3, -0.25) is 4.79 Å². The van der Waals surface area contributed by atoms with Gasteiger partial charge in [0, 0.05) is 32.4 Å². The number of ether oxygens (including phenoxy) is 1. The van der Waals surface area contributed by atoms with Gasteiger partial charge in [-0.2, -0.15) is 18.7 Å². The Bertz CT molecular complexity index is 1600. The lowest BCUT2D eigenvalue weighted by molar-refractivity contribution is -0.111. The zero-order valence-corrected chi connectivity index (χ0v) is 25.1. The number of pyridine rings is 2. The van der Waals surface area contributed by atoms with Gasteiger partial charge in [-0.05, 0) is 45.2 Å². The Kier molecular flexibility index (Phi) is 9.93. The van der Waals surface area contributed by atoms with Crippen LogP contribution < -0.4 is 25.6 Å². The summed E-state index contributed by atoms with van der Waals surface area (Å²) < 4.78 is 57.4. The predicted octanol–water partition coefficient (Wildman–Crippen LogP) is 4.07. The van der Waals surface area contributed by atoms with Crippen LogP contribution in [0.3, 0.4) is 0 Å². The zero-order valence-electron chi connectivity index (χ0n) is 23.5. The molecule has 3 aromatic rings. The average Bonchev–Trinajstić information content (AvgIpc) is 2.96. The summed E-state index contributed by atoms with van der Waals surface area (Å²) in [6.45, 7) is 5.74. The number of carbonyl (C=O) groups excluding carboxylic acids is 1. The van der Waals surface area contributed by atoms with Crippen LogP contribution in [-0.4, -0.2) is 84.2 Å². The van der Waals surface area contributed by atoms with E-state index >= 15 is 0 Å². The first-order valence-electron chi connectivity index (χ1n) is 13.0. The molecule has 1 amide bonds. The van der Waals surface area contributed by atoms with Crippen LogP contribution in [0, 0.1) is 0 Å². The van der Waals surface area contributed by atoms with Crippen molar-refractivity contribution in [2.75, 3.05) is 54.1 Å². The minimum Gasteiger partial charge on any atom is -0.415 e. The lowest BCUT2D eigenvalue weighted by atomic mass is 10.2. The number of hydrogen-bond acceptors (Lipinski definition) is 12.